The number of anilines is 1. The van der Waals surface area contributed by atoms with Crippen LogP contribution in [0, 0.1) is 15.5 Å². The van der Waals surface area contributed by atoms with Crippen LogP contribution in [-0.4, -0.2) is 42.7 Å². The van der Waals surface area contributed by atoms with Gasteiger partial charge in [0.05, 0.1) is 9.82 Å². The molecule has 1 aromatic carbocycles. The summed E-state index contributed by atoms with van der Waals surface area (Å²) in [5.41, 5.74) is 5.11. The van der Waals surface area contributed by atoms with E-state index in [1.165, 1.54) is 16.4 Å². The molecular weight excluding hydrogens is 396 g/mol. The molecule has 0 aliphatic carbocycles. The zero-order chi connectivity index (χ0) is 21.8. The molecule has 1 fully saturated rings. The van der Waals surface area contributed by atoms with Crippen LogP contribution < -0.4 is 11.1 Å². The van der Waals surface area contributed by atoms with Crippen LogP contribution in [0.15, 0.2) is 23.1 Å². The van der Waals surface area contributed by atoms with Gasteiger partial charge in [-0.05, 0) is 43.2 Å². The highest BCUT2D eigenvalue weighted by atomic mass is 32.2. The summed E-state index contributed by atoms with van der Waals surface area (Å²) in [4.78, 5) is 22.6. The molecule has 1 heterocycles. The molecule has 1 aromatic rings. The molecule has 1 aliphatic rings. The van der Waals surface area contributed by atoms with Gasteiger partial charge in [0.1, 0.15) is 11.7 Å². The highest BCUT2D eigenvalue weighted by Gasteiger charge is 2.29. The van der Waals surface area contributed by atoms with Crippen molar-refractivity contribution < 1.29 is 18.1 Å². The lowest BCUT2D eigenvalue weighted by Crippen LogP contribution is -2.36. The Bertz CT molecular complexity index is 858. The molecule has 1 atom stereocenters. The number of nitrogens with zero attached hydrogens (tertiary/aromatic N) is 2. The molecule has 0 radical (unpaired) electrons. The lowest BCUT2D eigenvalue weighted by atomic mass is 9.88. The molecule has 0 unspecified atom stereocenters. The summed E-state index contributed by atoms with van der Waals surface area (Å²) in [6.45, 7) is 6.88. The van der Waals surface area contributed by atoms with Gasteiger partial charge in [0.15, 0.2) is 0 Å². The third-order valence-corrected chi connectivity index (χ3v) is 6.87. The molecule has 29 heavy (non-hydrogen) atoms. The number of primary amides is 1. The van der Waals surface area contributed by atoms with Crippen molar-refractivity contribution in [3.8, 4) is 0 Å². The number of carbonyl (C=O) groups excluding carboxylic acids is 1. The summed E-state index contributed by atoms with van der Waals surface area (Å²) in [5, 5.41) is 14.4. The topological polar surface area (TPSA) is 136 Å². The zero-order valence-corrected chi connectivity index (χ0v) is 18.0. The van der Waals surface area contributed by atoms with Crippen LogP contribution in [0.5, 0.6) is 0 Å². The van der Waals surface area contributed by atoms with E-state index in [-0.39, 0.29) is 16.0 Å². The number of carbonyl (C=O) groups is 1. The third kappa shape index (κ3) is 6.14. The fraction of sp³-hybridized carbons (Fsp3) is 0.632. The number of amides is 1. The average molecular weight is 427 g/mol. The lowest BCUT2D eigenvalue weighted by molar-refractivity contribution is -0.384. The quantitative estimate of drug-likeness (QED) is 0.484. The van der Waals surface area contributed by atoms with Crippen molar-refractivity contribution in [3.63, 3.8) is 0 Å². The molecule has 2 rings (SSSR count). The van der Waals surface area contributed by atoms with E-state index >= 15 is 0 Å². The summed E-state index contributed by atoms with van der Waals surface area (Å²) < 4.78 is 27.0. The summed E-state index contributed by atoms with van der Waals surface area (Å²) in [6, 6.07) is 2.93. The Morgan fingerprint density at radius 3 is 2.41 bits per heavy atom. The zero-order valence-electron chi connectivity index (χ0n) is 17.2. The number of nitrogens with one attached hydrogen (secondary N) is 1. The summed E-state index contributed by atoms with van der Waals surface area (Å²) >= 11 is 0. The lowest BCUT2D eigenvalue weighted by Gasteiger charge is -2.26. The minimum atomic E-state index is -3.80. The van der Waals surface area contributed by atoms with Crippen LogP contribution in [0.3, 0.4) is 0 Å². The van der Waals surface area contributed by atoms with E-state index in [9.17, 15) is 23.3 Å². The van der Waals surface area contributed by atoms with E-state index in [0.717, 1.165) is 25.3 Å². The molecule has 9 nitrogen and oxygen atoms in total. The SMILES string of the molecule is CC(C)(C)CC[C@H](Nc1ccc(S(=O)(=O)N2CCCCC2)cc1[N+](=O)[O-])C(N)=O. The number of nitro benzene ring substituents is 1. The van der Waals surface area contributed by atoms with Crippen LogP contribution in [0.1, 0.15) is 52.9 Å². The van der Waals surface area contributed by atoms with E-state index in [4.69, 9.17) is 5.73 Å². The van der Waals surface area contributed by atoms with E-state index < -0.39 is 32.6 Å². The highest BCUT2D eigenvalue weighted by molar-refractivity contribution is 7.89. The maximum Gasteiger partial charge on any atom is 0.293 e. The third-order valence-electron chi connectivity index (χ3n) is 4.97. The fourth-order valence-electron chi connectivity index (χ4n) is 3.25. The molecule has 3 N–H and O–H groups in total. The maximum atomic E-state index is 12.8. The number of hydrogen-bond donors (Lipinski definition) is 2. The Kier molecular flexibility index (Phi) is 7.23. The Hall–Kier alpha value is -2.20. The predicted octanol–water partition coefficient (Wildman–Crippen LogP) is 2.86. The van der Waals surface area contributed by atoms with E-state index in [2.05, 4.69) is 5.32 Å². The Labute approximate surface area is 171 Å². The summed E-state index contributed by atoms with van der Waals surface area (Å²) in [6.07, 6.45) is 3.61. The minimum Gasteiger partial charge on any atom is -0.368 e. The second kappa shape index (κ2) is 9.08. The number of nitro groups is 1. The Balaban J connectivity index is 2.31. The van der Waals surface area contributed by atoms with Crippen molar-refractivity contribution in [1.29, 1.82) is 0 Å². The molecular formula is C19H30N4O5S. The minimum absolute atomic E-state index is 0.0340. The molecule has 0 saturated carbocycles. The van der Waals surface area contributed by atoms with Crippen molar-refractivity contribution in [3.05, 3.63) is 28.3 Å². The van der Waals surface area contributed by atoms with Gasteiger partial charge in [-0.25, -0.2) is 8.42 Å². The number of sulfonamides is 1. The standard InChI is InChI=1S/C19H30N4O5S/c1-19(2,3)10-9-16(18(20)24)21-15-8-7-14(13-17(15)23(25)26)29(27,28)22-11-5-4-6-12-22/h7-8,13,16,21H,4-6,9-12H2,1-3H3,(H2,20,24)/t16-/m0/s1. The Morgan fingerprint density at radius 2 is 1.90 bits per heavy atom. The van der Waals surface area contributed by atoms with Gasteiger partial charge >= 0.3 is 0 Å². The van der Waals surface area contributed by atoms with Gasteiger partial charge in [-0.2, -0.15) is 4.31 Å². The highest BCUT2D eigenvalue weighted by Crippen LogP contribution is 2.31. The predicted molar refractivity (Wildman–Crippen MR) is 111 cm³/mol. The van der Waals surface area contributed by atoms with Gasteiger partial charge < -0.3 is 11.1 Å². The number of rotatable bonds is 8. The number of benzene rings is 1. The first kappa shape index (κ1) is 23.1. The van der Waals surface area contributed by atoms with E-state index in [0.29, 0.717) is 25.9 Å². The van der Waals surface area contributed by atoms with Gasteiger partial charge in [-0.3, -0.25) is 14.9 Å². The molecule has 10 heteroatoms. The molecule has 0 spiro atoms. The first-order chi connectivity index (χ1) is 13.4. The number of hydrogen-bond acceptors (Lipinski definition) is 6. The van der Waals surface area contributed by atoms with Gasteiger partial charge in [0.2, 0.25) is 15.9 Å². The van der Waals surface area contributed by atoms with E-state index in [1.807, 2.05) is 20.8 Å². The van der Waals surface area contributed by atoms with Gasteiger partial charge in [0.25, 0.3) is 5.69 Å². The maximum absolute atomic E-state index is 12.8. The second-order valence-corrected chi connectivity index (χ2v) is 10.5. The Morgan fingerprint density at radius 1 is 1.28 bits per heavy atom. The van der Waals surface area contributed by atoms with Crippen LogP contribution >= 0.6 is 0 Å². The van der Waals surface area contributed by atoms with Crippen molar-refractivity contribution >= 4 is 27.3 Å². The molecule has 162 valence electrons. The average Bonchev–Trinajstić information content (AvgIpc) is 2.64. The monoisotopic (exact) mass is 426 g/mol. The van der Waals surface area contributed by atoms with Gasteiger partial charge in [0, 0.05) is 19.2 Å². The summed E-state index contributed by atoms with van der Waals surface area (Å²) in [7, 11) is -3.80. The van der Waals surface area contributed by atoms with Gasteiger partial charge in [-0.1, -0.05) is 27.2 Å². The van der Waals surface area contributed by atoms with Crippen molar-refractivity contribution in [2.45, 2.75) is 63.8 Å². The molecule has 1 aliphatic heterocycles. The molecule has 1 saturated heterocycles. The number of nitrogens with two attached hydrogens (primary N) is 1. The molecule has 1 amide bonds. The van der Waals surface area contributed by atoms with Crippen molar-refractivity contribution in [2.75, 3.05) is 18.4 Å². The second-order valence-electron chi connectivity index (χ2n) is 8.60. The first-order valence-electron chi connectivity index (χ1n) is 9.76. The first-order valence-corrected chi connectivity index (χ1v) is 11.2. The normalized spacial score (nSPS) is 16.9. The summed E-state index contributed by atoms with van der Waals surface area (Å²) in [5.74, 6) is -0.617. The van der Waals surface area contributed by atoms with Crippen molar-refractivity contribution in [1.82, 2.24) is 4.31 Å². The van der Waals surface area contributed by atoms with Crippen LogP contribution in [0.2, 0.25) is 0 Å². The van der Waals surface area contributed by atoms with Crippen LogP contribution in [0.25, 0.3) is 0 Å². The fourth-order valence-corrected chi connectivity index (χ4v) is 4.79. The smallest absolute Gasteiger partial charge is 0.293 e. The van der Waals surface area contributed by atoms with Crippen molar-refractivity contribution in [2.24, 2.45) is 11.1 Å². The van der Waals surface area contributed by atoms with E-state index in [1.54, 1.807) is 0 Å². The molecule has 0 bridgehead atoms. The van der Waals surface area contributed by atoms with Gasteiger partial charge in [-0.15, -0.1) is 0 Å². The van der Waals surface area contributed by atoms with Crippen LogP contribution in [-0.2, 0) is 14.8 Å². The molecule has 0 aromatic heterocycles. The largest absolute Gasteiger partial charge is 0.368 e. The number of piperidine rings is 1. The van der Waals surface area contributed by atoms with Crippen LogP contribution in [0.4, 0.5) is 11.4 Å².